The molecule has 144 valence electrons. The molecular weight excluding hydrogens is 328 g/mol. The molecule has 26 heavy (non-hydrogen) atoms. The van der Waals surface area contributed by atoms with Crippen LogP contribution < -0.4 is 4.74 Å². The fourth-order valence-electron chi connectivity index (χ4n) is 3.95. The van der Waals surface area contributed by atoms with Gasteiger partial charge in [0, 0.05) is 39.1 Å². The van der Waals surface area contributed by atoms with Gasteiger partial charge < -0.3 is 14.4 Å². The van der Waals surface area contributed by atoms with Gasteiger partial charge in [0.15, 0.2) is 0 Å². The van der Waals surface area contributed by atoms with Gasteiger partial charge in [-0.3, -0.25) is 9.69 Å². The zero-order chi connectivity index (χ0) is 18.2. The van der Waals surface area contributed by atoms with Gasteiger partial charge in [-0.2, -0.15) is 0 Å². The molecule has 2 saturated heterocycles. The summed E-state index contributed by atoms with van der Waals surface area (Å²) in [4.78, 5) is 17.2. The molecule has 2 aliphatic heterocycles. The highest BCUT2D eigenvalue weighted by molar-refractivity contribution is 5.76. The first-order valence-corrected chi connectivity index (χ1v) is 9.95. The van der Waals surface area contributed by atoms with E-state index in [2.05, 4.69) is 9.80 Å². The third kappa shape index (κ3) is 5.71. The molecular formula is C21H32N2O3. The van der Waals surface area contributed by atoms with Crippen LogP contribution in [0.3, 0.4) is 0 Å². The normalized spacial score (nSPS) is 22.0. The summed E-state index contributed by atoms with van der Waals surface area (Å²) in [6.45, 7) is 6.84. The minimum absolute atomic E-state index is 0.299. The van der Waals surface area contributed by atoms with E-state index in [-0.39, 0.29) is 0 Å². The molecule has 0 aliphatic carbocycles. The number of rotatable bonds is 6. The lowest BCUT2D eigenvalue weighted by molar-refractivity contribution is -0.131. The second-order valence-electron chi connectivity index (χ2n) is 7.44. The van der Waals surface area contributed by atoms with E-state index in [9.17, 15) is 4.79 Å². The van der Waals surface area contributed by atoms with Gasteiger partial charge in [0.1, 0.15) is 5.75 Å². The van der Waals surface area contributed by atoms with Crippen LogP contribution >= 0.6 is 0 Å². The van der Waals surface area contributed by atoms with Crippen molar-refractivity contribution in [1.82, 2.24) is 9.80 Å². The van der Waals surface area contributed by atoms with E-state index in [1.165, 1.54) is 12.0 Å². The fourth-order valence-corrected chi connectivity index (χ4v) is 3.95. The standard InChI is InChI=1S/C21H32N2O3/c1-25-20-7-4-18(5-8-20)6-9-21(24)23-11-2-3-19(10-12-23)17-22-13-15-26-16-14-22/h4-5,7-8,19H,2-3,6,9-17H2,1H3. The van der Waals surface area contributed by atoms with E-state index in [1.54, 1.807) is 7.11 Å². The molecule has 0 bridgehead atoms. The van der Waals surface area contributed by atoms with Gasteiger partial charge in [-0.15, -0.1) is 0 Å². The molecule has 1 unspecified atom stereocenters. The van der Waals surface area contributed by atoms with Crippen molar-refractivity contribution in [3.63, 3.8) is 0 Å². The first-order valence-electron chi connectivity index (χ1n) is 9.95. The third-order valence-corrected chi connectivity index (χ3v) is 5.61. The van der Waals surface area contributed by atoms with Crippen molar-refractivity contribution in [2.75, 3.05) is 53.0 Å². The number of amides is 1. The van der Waals surface area contributed by atoms with E-state index < -0.39 is 0 Å². The number of morpholine rings is 1. The highest BCUT2D eigenvalue weighted by atomic mass is 16.5. The van der Waals surface area contributed by atoms with E-state index >= 15 is 0 Å². The van der Waals surface area contributed by atoms with Crippen LogP contribution in [0.1, 0.15) is 31.2 Å². The molecule has 5 heteroatoms. The molecule has 0 N–H and O–H groups in total. The number of carbonyl (C=O) groups excluding carboxylic acids is 1. The first-order chi connectivity index (χ1) is 12.7. The van der Waals surface area contributed by atoms with Crippen molar-refractivity contribution in [3.8, 4) is 5.75 Å². The Balaban J connectivity index is 1.41. The van der Waals surface area contributed by atoms with Crippen molar-refractivity contribution in [3.05, 3.63) is 29.8 Å². The maximum absolute atomic E-state index is 12.6. The average molecular weight is 360 g/mol. The van der Waals surface area contributed by atoms with Crippen LogP contribution in [-0.2, 0) is 16.0 Å². The van der Waals surface area contributed by atoms with Gasteiger partial charge >= 0.3 is 0 Å². The molecule has 0 spiro atoms. The van der Waals surface area contributed by atoms with Crippen LogP contribution in [0.5, 0.6) is 5.75 Å². The van der Waals surface area contributed by atoms with Crippen LogP contribution in [0.2, 0.25) is 0 Å². The molecule has 0 aromatic heterocycles. The van der Waals surface area contributed by atoms with Crippen LogP contribution in [0.25, 0.3) is 0 Å². The van der Waals surface area contributed by atoms with Crippen LogP contribution in [0.4, 0.5) is 0 Å². The number of aryl methyl sites for hydroxylation is 1. The minimum atomic E-state index is 0.299. The van der Waals surface area contributed by atoms with Crippen LogP contribution in [-0.4, -0.2) is 68.8 Å². The van der Waals surface area contributed by atoms with Crippen molar-refractivity contribution in [2.45, 2.75) is 32.1 Å². The monoisotopic (exact) mass is 360 g/mol. The summed E-state index contributed by atoms with van der Waals surface area (Å²) >= 11 is 0. The van der Waals surface area contributed by atoms with Crippen molar-refractivity contribution < 1.29 is 14.3 Å². The van der Waals surface area contributed by atoms with E-state index in [4.69, 9.17) is 9.47 Å². The van der Waals surface area contributed by atoms with E-state index in [1.807, 2.05) is 24.3 Å². The number of methoxy groups -OCH3 is 1. The average Bonchev–Trinajstić information content (AvgIpc) is 2.93. The second kappa shape index (κ2) is 9.93. The highest BCUT2D eigenvalue weighted by Gasteiger charge is 2.22. The van der Waals surface area contributed by atoms with Gasteiger partial charge in [-0.1, -0.05) is 12.1 Å². The Morgan fingerprint density at radius 2 is 1.88 bits per heavy atom. The molecule has 2 heterocycles. The number of carbonyl (C=O) groups is 1. The maximum Gasteiger partial charge on any atom is 0.222 e. The number of nitrogens with zero attached hydrogens (tertiary/aromatic N) is 2. The number of ether oxygens (including phenoxy) is 2. The molecule has 2 aliphatic rings. The summed E-state index contributed by atoms with van der Waals surface area (Å²) in [7, 11) is 1.67. The summed E-state index contributed by atoms with van der Waals surface area (Å²) in [5.41, 5.74) is 1.19. The van der Waals surface area contributed by atoms with Crippen LogP contribution in [0, 0.1) is 5.92 Å². The minimum Gasteiger partial charge on any atom is -0.497 e. The third-order valence-electron chi connectivity index (χ3n) is 5.61. The predicted molar refractivity (Wildman–Crippen MR) is 102 cm³/mol. The summed E-state index contributed by atoms with van der Waals surface area (Å²) in [5.74, 6) is 1.87. The van der Waals surface area contributed by atoms with Gasteiger partial charge in [-0.25, -0.2) is 0 Å². The SMILES string of the molecule is COc1ccc(CCC(=O)N2CCCC(CN3CCOCC3)CC2)cc1. The summed E-state index contributed by atoms with van der Waals surface area (Å²) in [6, 6.07) is 8.02. The largest absolute Gasteiger partial charge is 0.497 e. The van der Waals surface area contributed by atoms with E-state index in [0.29, 0.717) is 18.2 Å². The Bertz CT molecular complexity index is 555. The lowest BCUT2D eigenvalue weighted by Crippen LogP contribution is -2.39. The first kappa shape index (κ1) is 19.2. The van der Waals surface area contributed by atoms with E-state index in [0.717, 1.165) is 70.9 Å². The Kier molecular flexibility index (Phi) is 7.32. The summed E-state index contributed by atoms with van der Waals surface area (Å²) < 4.78 is 10.6. The van der Waals surface area contributed by atoms with Crippen molar-refractivity contribution in [2.24, 2.45) is 5.92 Å². The molecule has 1 amide bonds. The predicted octanol–water partition coefficient (Wildman–Crippen LogP) is 2.59. The Morgan fingerprint density at radius 1 is 1.12 bits per heavy atom. The van der Waals surface area contributed by atoms with Gasteiger partial charge in [0.2, 0.25) is 5.91 Å². The number of benzene rings is 1. The summed E-state index contributed by atoms with van der Waals surface area (Å²) in [6.07, 6.45) is 4.89. The molecule has 1 aromatic rings. The molecule has 1 aromatic carbocycles. The van der Waals surface area contributed by atoms with Gasteiger partial charge in [0.25, 0.3) is 0 Å². The van der Waals surface area contributed by atoms with Crippen LogP contribution in [0.15, 0.2) is 24.3 Å². The Labute approximate surface area is 157 Å². The summed E-state index contributed by atoms with van der Waals surface area (Å²) in [5, 5.41) is 0. The molecule has 5 nitrogen and oxygen atoms in total. The lowest BCUT2D eigenvalue weighted by Gasteiger charge is -2.30. The molecule has 0 radical (unpaired) electrons. The zero-order valence-electron chi connectivity index (χ0n) is 16.0. The van der Waals surface area contributed by atoms with Crippen molar-refractivity contribution >= 4 is 5.91 Å². The number of likely N-dealkylation sites (tertiary alicyclic amines) is 1. The van der Waals surface area contributed by atoms with Gasteiger partial charge in [-0.05, 0) is 49.3 Å². The maximum atomic E-state index is 12.6. The quantitative estimate of drug-likeness (QED) is 0.782. The topological polar surface area (TPSA) is 42.0 Å². The molecule has 1 atom stereocenters. The molecule has 3 rings (SSSR count). The Morgan fingerprint density at radius 3 is 2.62 bits per heavy atom. The fraction of sp³-hybridized carbons (Fsp3) is 0.667. The smallest absolute Gasteiger partial charge is 0.222 e. The number of hydrogen-bond donors (Lipinski definition) is 0. The molecule has 2 fully saturated rings. The van der Waals surface area contributed by atoms with Gasteiger partial charge in [0.05, 0.1) is 20.3 Å². The van der Waals surface area contributed by atoms with Crippen molar-refractivity contribution in [1.29, 1.82) is 0 Å². The second-order valence-corrected chi connectivity index (χ2v) is 7.44. The Hall–Kier alpha value is -1.59. The zero-order valence-corrected chi connectivity index (χ0v) is 16.0. The molecule has 0 saturated carbocycles. The lowest BCUT2D eigenvalue weighted by atomic mass is 10.00. The highest BCUT2D eigenvalue weighted by Crippen LogP contribution is 2.20. The number of hydrogen-bond acceptors (Lipinski definition) is 4.